The Morgan fingerprint density at radius 1 is 1.26 bits per heavy atom. The molecule has 0 bridgehead atoms. The summed E-state index contributed by atoms with van der Waals surface area (Å²) in [7, 11) is 0. The van der Waals surface area contributed by atoms with Crippen LogP contribution in [0.4, 0.5) is 0 Å². The van der Waals surface area contributed by atoms with E-state index >= 15 is 0 Å². The molecule has 0 unspecified atom stereocenters. The lowest BCUT2D eigenvalue weighted by atomic mass is 10.0. The Morgan fingerprint density at radius 2 is 1.87 bits per heavy atom. The number of amides is 1. The first-order valence-corrected chi connectivity index (χ1v) is 8.06. The molecule has 3 atom stereocenters. The fourth-order valence-corrected chi connectivity index (χ4v) is 2.76. The van der Waals surface area contributed by atoms with Crippen molar-refractivity contribution in [2.45, 2.75) is 38.5 Å². The number of hydrogen-bond donors (Lipinski definition) is 3. The molecule has 1 aromatic rings. The molecule has 1 amide bonds. The van der Waals surface area contributed by atoms with E-state index in [1.807, 2.05) is 18.7 Å². The van der Waals surface area contributed by atoms with E-state index in [1.54, 1.807) is 24.3 Å². The Labute approximate surface area is 137 Å². The van der Waals surface area contributed by atoms with Crippen LogP contribution in [-0.4, -0.2) is 59.4 Å². The standard InChI is InChI=1S/C17H26N2O4/c1-12(11-16(21)19-7-9-23-10-8-19)18-13(2)17(22)14-3-5-15(20)6-4-14/h3-6,12-13,17-18,20,22H,7-11H2,1-2H3/t12-,13-,17-/m1/s1. The minimum absolute atomic E-state index is 0.0351. The number of phenolic OH excluding ortho intramolecular Hbond substituents is 1. The third-order valence-electron chi connectivity index (χ3n) is 4.10. The molecule has 6 nitrogen and oxygen atoms in total. The quantitative estimate of drug-likeness (QED) is 0.729. The third kappa shape index (κ3) is 5.20. The summed E-state index contributed by atoms with van der Waals surface area (Å²) in [5, 5.41) is 22.9. The number of phenols is 1. The van der Waals surface area contributed by atoms with E-state index in [4.69, 9.17) is 4.74 Å². The summed E-state index contributed by atoms with van der Waals surface area (Å²) in [6.45, 7) is 6.33. The zero-order valence-corrected chi connectivity index (χ0v) is 13.7. The topological polar surface area (TPSA) is 82.0 Å². The number of benzene rings is 1. The Morgan fingerprint density at radius 3 is 2.48 bits per heavy atom. The number of aliphatic hydroxyl groups excluding tert-OH is 1. The number of carbonyl (C=O) groups is 1. The van der Waals surface area contributed by atoms with Crippen LogP contribution in [0.3, 0.4) is 0 Å². The van der Waals surface area contributed by atoms with Gasteiger partial charge >= 0.3 is 0 Å². The average Bonchev–Trinajstić information content (AvgIpc) is 2.55. The van der Waals surface area contributed by atoms with Gasteiger partial charge in [0.15, 0.2) is 0 Å². The van der Waals surface area contributed by atoms with Crippen molar-refractivity contribution < 1.29 is 19.7 Å². The van der Waals surface area contributed by atoms with Gasteiger partial charge in [-0.25, -0.2) is 0 Å². The van der Waals surface area contributed by atoms with E-state index in [9.17, 15) is 15.0 Å². The van der Waals surface area contributed by atoms with Crippen LogP contribution in [0.25, 0.3) is 0 Å². The normalized spacial score (nSPS) is 19.2. The minimum Gasteiger partial charge on any atom is -0.508 e. The van der Waals surface area contributed by atoms with Gasteiger partial charge in [-0.15, -0.1) is 0 Å². The van der Waals surface area contributed by atoms with Gasteiger partial charge in [-0.3, -0.25) is 4.79 Å². The molecule has 1 heterocycles. The van der Waals surface area contributed by atoms with Gasteiger partial charge in [0.05, 0.1) is 19.3 Å². The second kappa shape index (κ2) is 8.29. The van der Waals surface area contributed by atoms with Crippen LogP contribution in [0.5, 0.6) is 5.75 Å². The average molecular weight is 322 g/mol. The fraction of sp³-hybridized carbons (Fsp3) is 0.588. The maximum atomic E-state index is 12.2. The molecule has 128 valence electrons. The largest absolute Gasteiger partial charge is 0.508 e. The predicted octanol–water partition coefficient (Wildman–Crippen LogP) is 1.04. The molecule has 6 heteroatoms. The summed E-state index contributed by atoms with van der Waals surface area (Å²) in [5.74, 6) is 0.283. The lowest BCUT2D eigenvalue weighted by Gasteiger charge is -2.29. The molecule has 1 aliphatic heterocycles. The lowest BCUT2D eigenvalue weighted by molar-refractivity contribution is -0.135. The summed E-state index contributed by atoms with van der Waals surface area (Å²) < 4.78 is 5.25. The number of aromatic hydroxyl groups is 1. The maximum Gasteiger partial charge on any atom is 0.224 e. The van der Waals surface area contributed by atoms with Crippen LogP contribution < -0.4 is 5.32 Å². The van der Waals surface area contributed by atoms with E-state index < -0.39 is 6.10 Å². The van der Waals surface area contributed by atoms with Crippen molar-refractivity contribution >= 4 is 5.91 Å². The monoisotopic (exact) mass is 322 g/mol. The van der Waals surface area contributed by atoms with Crippen LogP contribution in [0.1, 0.15) is 31.9 Å². The van der Waals surface area contributed by atoms with Crippen molar-refractivity contribution in [2.75, 3.05) is 26.3 Å². The summed E-state index contributed by atoms with van der Waals surface area (Å²) in [6, 6.07) is 6.26. The molecule has 1 saturated heterocycles. The van der Waals surface area contributed by atoms with Crippen molar-refractivity contribution in [1.82, 2.24) is 10.2 Å². The first-order valence-electron chi connectivity index (χ1n) is 8.06. The van der Waals surface area contributed by atoms with Crippen molar-refractivity contribution in [1.29, 1.82) is 0 Å². The van der Waals surface area contributed by atoms with Gasteiger partial charge in [-0.05, 0) is 31.5 Å². The third-order valence-corrected chi connectivity index (χ3v) is 4.10. The molecule has 2 rings (SSSR count). The van der Waals surface area contributed by atoms with Crippen molar-refractivity contribution in [3.8, 4) is 5.75 Å². The summed E-state index contributed by atoms with van der Waals surface area (Å²) in [5.41, 5.74) is 0.731. The van der Waals surface area contributed by atoms with Gasteiger partial charge in [0.25, 0.3) is 0 Å². The molecule has 0 saturated carbocycles. The van der Waals surface area contributed by atoms with Gasteiger partial charge in [0, 0.05) is 31.6 Å². The molecule has 1 aliphatic rings. The van der Waals surface area contributed by atoms with Crippen molar-refractivity contribution in [3.63, 3.8) is 0 Å². The zero-order valence-electron chi connectivity index (χ0n) is 13.7. The summed E-state index contributed by atoms with van der Waals surface area (Å²) in [6.07, 6.45) is -0.302. The van der Waals surface area contributed by atoms with E-state index in [2.05, 4.69) is 5.32 Å². The number of rotatable bonds is 6. The van der Waals surface area contributed by atoms with Gasteiger partial charge in [0.1, 0.15) is 5.75 Å². The first-order chi connectivity index (χ1) is 11.0. The molecule has 0 aliphatic carbocycles. The Hall–Kier alpha value is -1.63. The van der Waals surface area contributed by atoms with Crippen LogP contribution >= 0.6 is 0 Å². The lowest BCUT2D eigenvalue weighted by Crippen LogP contribution is -2.45. The van der Waals surface area contributed by atoms with E-state index in [-0.39, 0.29) is 23.7 Å². The molecule has 3 N–H and O–H groups in total. The summed E-state index contributed by atoms with van der Waals surface area (Å²) in [4.78, 5) is 14.0. The number of nitrogens with zero attached hydrogens (tertiary/aromatic N) is 1. The zero-order chi connectivity index (χ0) is 16.8. The number of nitrogens with one attached hydrogen (secondary N) is 1. The molecule has 23 heavy (non-hydrogen) atoms. The smallest absolute Gasteiger partial charge is 0.224 e. The molecule has 0 spiro atoms. The molecular weight excluding hydrogens is 296 g/mol. The van der Waals surface area contributed by atoms with Gasteiger partial charge < -0.3 is 25.2 Å². The van der Waals surface area contributed by atoms with Gasteiger partial charge in [-0.2, -0.15) is 0 Å². The minimum atomic E-state index is -0.698. The second-order valence-electron chi connectivity index (χ2n) is 6.09. The van der Waals surface area contributed by atoms with Crippen LogP contribution in [0.15, 0.2) is 24.3 Å². The Bertz CT molecular complexity index is 500. The summed E-state index contributed by atoms with van der Waals surface area (Å²) >= 11 is 0. The highest BCUT2D eigenvalue weighted by atomic mass is 16.5. The number of hydrogen-bond acceptors (Lipinski definition) is 5. The molecular formula is C17H26N2O4. The molecule has 1 aromatic carbocycles. The molecule has 0 radical (unpaired) electrons. The number of ether oxygens (including phenoxy) is 1. The maximum absolute atomic E-state index is 12.2. The predicted molar refractivity (Wildman–Crippen MR) is 87.1 cm³/mol. The van der Waals surface area contributed by atoms with Gasteiger partial charge in [0.2, 0.25) is 5.91 Å². The highest BCUT2D eigenvalue weighted by Crippen LogP contribution is 2.20. The Balaban J connectivity index is 1.82. The number of carbonyl (C=O) groups excluding carboxylic acids is 1. The van der Waals surface area contributed by atoms with E-state index in [0.717, 1.165) is 5.56 Å². The number of aliphatic hydroxyl groups is 1. The van der Waals surface area contributed by atoms with Crippen molar-refractivity contribution in [3.05, 3.63) is 29.8 Å². The SMILES string of the molecule is C[C@H](CC(=O)N1CCOCC1)N[C@H](C)[C@@H](O)c1ccc(O)cc1. The molecule has 0 aromatic heterocycles. The van der Waals surface area contributed by atoms with Crippen LogP contribution in [-0.2, 0) is 9.53 Å². The van der Waals surface area contributed by atoms with Gasteiger partial charge in [-0.1, -0.05) is 12.1 Å². The second-order valence-corrected chi connectivity index (χ2v) is 6.09. The molecule has 1 fully saturated rings. The number of morpholine rings is 1. The first kappa shape index (κ1) is 17.7. The Kier molecular flexibility index (Phi) is 6.38. The van der Waals surface area contributed by atoms with Crippen molar-refractivity contribution in [2.24, 2.45) is 0 Å². The van der Waals surface area contributed by atoms with E-state index in [1.165, 1.54) is 0 Å². The fourth-order valence-electron chi connectivity index (χ4n) is 2.76. The van der Waals surface area contributed by atoms with Crippen LogP contribution in [0, 0.1) is 0 Å². The van der Waals surface area contributed by atoms with E-state index in [0.29, 0.717) is 32.7 Å². The highest BCUT2D eigenvalue weighted by Gasteiger charge is 2.22. The van der Waals surface area contributed by atoms with Crippen LogP contribution in [0.2, 0.25) is 0 Å². The highest BCUT2D eigenvalue weighted by molar-refractivity contribution is 5.76.